The van der Waals surface area contributed by atoms with Crippen molar-refractivity contribution in [2.75, 3.05) is 66.3 Å². The Bertz CT molecular complexity index is 1880. The lowest BCUT2D eigenvalue weighted by Gasteiger charge is -2.42. The van der Waals surface area contributed by atoms with Crippen LogP contribution in [0.3, 0.4) is 0 Å². The van der Waals surface area contributed by atoms with Crippen LogP contribution in [0.15, 0.2) is 0 Å². The van der Waals surface area contributed by atoms with Crippen molar-refractivity contribution < 1.29 is 92.7 Å². The molecule has 0 aliphatic carbocycles. The van der Waals surface area contributed by atoms with Crippen LogP contribution in [0.2, 0.25) is 0 Å². The number of aliphatic hydroxyl groups is 6. The fourth-order valence-electron chi connectivity index (χ4n) is 9.40. The van der Waals surface area contributed by atoms with Crippen LogP contribution in [-0.4, -0.2) is 218 Å². The molecule has 0 aromatic carbocycles. The fraction of sp³-hybridized carbons (Fsp3) is 0.857. The Morgan fingerprint density at radius 2 is 0.807 bits per heavy atom. The Morgan fingerprint density at radius 3 is 1.22 bits per heavy atom. The number of carbonyl (C=O) groups is 8. The molecular formula is C56H102N8O19. The number of nitrogens with one attached hydrogen (secondary N) is 8. The maximum atomic E-state index is 13.7. The van der Waals surface area contributed by atoms with E-state index in [1.165, 1.54) is 13.8 Å². The first-order chi connectivity index (χ1) is 39.9. The minimum atomic E-state index is -1.44. The van der Waals surface area contributed by atoms with Crippen LogP contribution in [0.4, 0.5) is 0 Å². The largest absolute Gasteiger partial charge is 0.394 e. The van der Waals surface area contributed by atoms with E-state index in [1.807, 2.05) is 0 Å². The predicted octanol–water partition coefficient (Wildman–Crippen LogP) is -1.02. The van der Waals surface area contributed by atoms with E-state index < -0.39 is 122 Å². The van der Waals surface area contributed by atoms with Crippen LogP contribution in [0.5, 0.6) is 0 Å². The average molecular weight is 1190 g/mol. The van der Waals surface area contributed by atoms with E-state index in [4.69, 9.17) is 23.7 Å². The molecule has 0 bridgehead atoms. The van der Waals surface area contributed by atoms with Gasteiger partial charge in [0.2, 0.25) is 47.3 Å². The van der Waals surface area contributed by atoms with Gasteiger partial charge in [0.05, 0.1) is 13.2 Å². The van der Waals surface area contributed by atoms with Crippen LogP contribution < -0.4 is 42.5 Å². The number of rotatable bonds is 46. The van der Waals surface area contributed by atoms with E-state index in [0.29, 0.717) is 84.0 Å². The maximum Gasteiger partial charge on any atom is 0.242 e. The van der Waals surface area contributed by atoms with Crippen LogP contribution in [0.25, 0.3) is 0 Å². The maximum absolute atomic E-state index is 13.7. The molecule has 0 saturated carbocycles. The van der Waals surface area contributed by atoms with Crippen molar-refractivity contribution in [3.8, 4) is 0 Å². The second kappa shape index (κ2) is 44.8. The van der Waals surface area contributed by atoms with Gasteiger partial charge >= 0.3 is 0 Å². The molecule has 2 fully saturated rings. The number of hydrogen-bond donors (Lipinski definition) is 14. The molecule has 480 valence electrons. The molecule has 2 aliphatic heterocycles. The summed E-state index contributed by atoms with van der Waals surface area (Å²) < 4.78 is 27.9. The van der Waals surface area contributed by atoms with Crippen LogP contribution in [0.1, 0.15) is 168 Å². The number of carbonyl (C=O) groups excluding carboxylic acids is 8. The summed E-state index contributed by atoms with van der Waals surface area (Å²) in [7, 11) is 1.63. The summed E-state index contributed by atoms with van der Waals surface area (Å²) in [4.78, 5) is 103. The third-order valence-electron chi connectivity index (χ3n) is 14.2. The molecule has 14 N–H and O–H groups in total. The van der Waals surface area contributed by atoms with Crippen molar-refractivity contribution in [2.45, 2.75) is 242 Å². The number of ether oxygens (including phenoxy) is 5. The lowest BCUT2D eigenvalue weighted by Crippen LogP contribution is -2.64. The highest BCUT2D eigenvalue weighted by molar-refractivity contribution is 5.90. The van der Waals surface area contributed by atoms with Gasteiger partial charge in [-0.1, -0.05) is 64.7 Å². The summed E-state index contributed by atoms with van der Waals surface area (Å²) in [6.45, 7) is 5.88. The molecule has 12 atom stereocenters. The quantitative estimate of drug-likeness (QED) is 0.0324. The molecule has 0 aromatic heterocycles. The molecule has 2 rings (SSSR count). The molecule has 27 nitrogen and oxygen atoms in total. The van der Waals surface area contributed by atoms with Gasteiger partial charge in [0, 0.05) is 92.6 Å². The molecule has 2 saturated heterocycles. The van der Waals surface area contributed by atoms with E-state index in [-0.39, 0.29) is 76.5 Å². The zero-order valence-corrected chi connectivity index (χ0v) is 49.5. The minimum Gasteiger partial charge on any atom is -0.394 e. The Kier molecular flexibility index (Phi) is 40.1. The molecule has 27 heteroatoms. The molecule has 2 heterocycles. The van der Waals surface area contributed by atoms with Gasteiger partial charge in [0.25, 0.3) is 0 Å². The molecule has 2 aliphatic rings. The van der Waals surface area contributed by atoms with Gasteiger partial charge in [0.15, 0.2) is 12.6 Å². The third kappa shape index (κ3) is 31.9. The van der Waals surface area contributed by atoms with Crippen molar-refractivity contribution in [3.63, 3.8) is 0 Å². The highest BCUT2D eigenvalue weighted by atomic mass is 16.7. The summed E-state index contributed by atoms with van der Waals surface area (Å²) >= 11 is 0. The van der Waals surface area contributed by atoms with Crippen molar-refractivity contribution in [2.24, 2.45) is 0 Å². The Morgan fingerprint density at radius 1 is 0.446 bits per heavy atom. The summed E-state index contributed by atoms with van der Waals surface area (Å²) in [6, 6.07) is -4.35. The van der Waals surface area contributed by atoms with Crippen molar-refractivity contribution in [1.82, 2.24) is 42.5 Å². The summed E-state index contributed by atoms with van der Waals surface area (Å²) in [6.07, 6.45) is 1.90. The summed E-state index contributed by atoms with van der Waals surface area (Å²) in [5, 5.41) is 82.6. The van der Waals surface area contributed by atoms with Crippen molar-refractivity contribution in [3.05, 3.63) is 0 Å². The van der Waals surface area contributed by atoms with Gasteiger partial charge in [0.1, 0.15) is 60.8 Å². The van der Waals surface area contributed by atoms with Gasteiger partial charge in [-0.3, -0.25) is 38.4 Å². The van der Waals surface area contributed by atoms with Crippen LogP contribution in [0, 0.1) is 0 Å². The summed E-state index contributed by atoms with van der Waals surface area (Å²) in [5.41, 5.74) is 0. The van der Waals surface area contributed by atoms with Gasteiger partial charge in [-0.15, -0.1) is 0 Å². The van der Waals surface area contributed by atoms with E-state index in [0.717, 1.165) is 44.9 Å². The topological polar surface area (TPSA) is 400 Å². The first kappa shape index (κ1) is 74.4. The second-order valence-corrected chi connectivity index (χ2v) is 21.4. The minimum absolute atomic E-state index is 0.0185. The Balaban J connectivity index is 2.01. The molecule has 0 aromatic rings. The number of hydrogen-bond acceptors (Lipinski definition) is 19. The van der Waals surface area contributed by atoms with Crippen LogP contribution in [-0.2, 0) is 62.0 Å². The lowest BCUT2D eigenvalue weighted by molar-refractivity contribution is -0.270. The van der Waals surface area contributed by atoms with Crippen molar-refractivity contribution in [1.29, 1.82) is 0 Å². The number of aliphatic hydroxyl groups excluding tert-OH is 6. The smallest absolute Gasteiger partial charge is 0.242 e. The summed E-state index contributed by atoms with van der Waals surface area (Å²) in [5.74, 6) is -3.52. The van der Waals surface area contributed by atoms with Gasteiger partial charge in [-0.2, -0.15) is 0 Å². The monoisotopic (exact) mass is 1190 g/mol. The number of amides is 8. The second-order valence-electron chi connectivity index (χ2n) is 21.4. The van der Waals surface area contributed by atoms with E-state index in [9.17, 15) is 69.0 Å². The molecule has 0 radical (unpaired) electrons. The molecule has 0 spiro atoms. The standard InChI is InChI=1S/C56H102N8O19/c1-5-6-7-14-28-57-43(69)22-21-23-45(71)63-40(54(78)60-30-16-8-11-18-32-79-4)25-27-46(72)64-39(53(77)59-31-17-10-13-20-34-81-56-48(62-38(3)68)52(76)50(74)42(36-66)83-56)24-26-44(70)58-29-15-9-12-19-33-80-55-47(61-37(2)67)51(75)49(73)41(35-65)82-55/h39-42,47-52,55-56,65-66,73-76H,5-36H2,1-4H3,(H,57,69)(H,58,70)(H,59,77)(H,60,78)(H,61,67)(H,62,68)(H,63,71)(H,64,72)/t39?,40?,41-,42-,47-,48-,49+,50+,51-,52-,55-,56-/m1/s1. The van der Waals surface area contributed by atoms with Gasteiger partial charge < -0.3 is 96.9 Å². The molecule has 8 amide bonds. The number of unbranched alkanes of at least 4 members (excludes halogenated alkanes) is 12. The lowest BCUT2D eigenvalue weighted by atomic mass is 9.97. The third-order valence-corrected chi connectivity index (χ3v) is 14.2. The zero-order chi connectivity index (χ0) is 61.4. The SMILES string of the molecule is CCCCCCNC(=O)CCCC(=O)NC(CCC(=O)NC(CCC(=O)NCCCCCCO[C@@H]1O[C@H](CO)[C@H](O)[C@H](O)[C@H]1NC(C)=O)C(=O)NCCCCCCO[C@@H]1O[C@H](CO)[C@H](O)[C@H](O)[C@H]1NC(C)=O)C(=O)NCCCCCCOC. The zero-order valence-electron chi connectivity index (χ0n) is 49.5. The number of methoxy groups -OCH3 is 1. The molecule has 2 unspecified atom stereocenters. The van der Waals surface area contributed by atoms with Gasteiger partial charge in [-0.25, -0.2) is 0 Å². The van der Waals surface area contributed by atoms with Crippen LogP contribution >= 0.6 is 0 Å². The highest BCUT2D eigenvalue weighted by Crippen LogP contribution is 2.24. The Hall–Kier alpha value is -4.68. The van der Waals surface area contributed by atoms with E-state index >= 15 is 0 Å². The van der Waals surface area contributed by atoms with Gasteiger partial charge in [-0.05, 0) is 64.2 Å². The fourth-order valence-corrected chi connectivity index (χ4v) is 9.40. The molecule has 83 heavy (non-hydrogen) atoms. The predicted molar refractivity (Wildman–Crippen MR) is 302 cm³/mol. The first-order valence-corrected chi connectivity index (χ1v) is 30.1. The van der Waals surface area contributed by atoms with E-state index in [1.54, 1.807) is 7.11 Å². The molecular weight excluding hydrogens is 1090 g/mol. The Labute approximate surface area is 489 Å². The highest BCUT2D eigenvalue weighted by Gasteiger charge is 2.46. The van der Waals surface area contributed by atoms with E-state index in [2.05, 4.69) is 49.5 Å². The van der Waals surface area contributed by atoms with Crippen molar-refractivity contribution >= 4 is 47.3 Å². The normalized spacial score (nSPS) is 23.0. The average Bonchev–Trinajstić information content (AvgIpc) is 3.49. The first-order valence-electron chi connectivity index (χ1n) is 30.1.